The average molecular weight is 390 g/mol. The fraction of sp³-hybridized carbons (Fsp3) is 0.231. The number of phenolic OH excluding ortho intramolecular Hbond substituents is 1. The Kier molecular flexibility index (Phi) is 9.37. The Labute approximate surface area is 174 Å². The van der Waals surface area contributed by atoms with Crippen molar-refractivity contribution in [1.29, 1.82) is 0 Å². The van der Waals surface area contributed by atoms with Gasteiger partial charge < -0.3 is 15.2 Å². The Morgan fingerprint density at radius 3 is 2.14 bits per heavy atom. The molecular weight excluding hydrogens is 358 g/mol. The third kappa shape index (κ3) is 7.04. The van der Waals surface area contributed by atoms with Gasteiger partial charge in [0.05, 0.1) is 5.69 Å². The van der Waals surface area contributed by atoms with E-state index in [4.69, 9.17) is 4.74 Å². The first-order valence-corrected chi connectivity index (χ1v) is 10.2. The first kappa shape index (κ1) is 22.1. The smallest absolute Gasteiger partial charge is 0.159 e. The average Bonchev–Trinajstić information content (AvgIpc) is 2.75. The minimum Gasteiger partial charge on any atom is -0.506 e. The van der Waals surface area contributed by atoms with Gasteiger partial charge in [-0.1, -0.05) is 93.9 Å². The molecule has 0 amide bonds. The van der Waals surface area contributed by atoms with Crippen LogP contribution >= 0.6 is 0 Å². The monoisotopic (exact) mass is 389 g/mol. The topological polar surface area (TPSA) is 41.5 Å². The molecule has 3 heteroatoms. The van der Waals surface area contributed by atoms with Crippen LogP contribution in [-0.4, -0.2) is 11.8 Å². The van der Waals surface area contributed by atoms with Gasteiger partial charge in [0.15, 0.2) is 6.73 Å². The van der Waals surface area contributed by atoms with Gasteiger partial charge in [-0.2, -0.15) is 0 Å². The van der Waals surface area contributed by atoms with Crippen molar-refractivity contribution in [2.75, 3.05) is 12.0 Å². The molecule has 0 aliphatic heterocycles. The van der Waals surface area contributed by atoms with E-state index in [2.05, 4.69) is 44.3 Å². The van der Waals surface area contributed by atoms with Crippen LogP contribution in [0.2, 0.25) is 0 Å². The van der Waals surface area contributed by atoms with Crippen molar-refractivity contribution in [3.63, 3.8) is 0 Å². The zero-order valence-corrected chi connectivity index (χ0v) is 17.6. The third-order valence-corrected chi connectivity index (χ3v) is 4.06. The number of anilines is 1. The quantitative estimate of drug-likeness (QED) is 0.328. The number of hydrogen-bond donors (Lipinski definition) is 2. The maximum absolute atomic E-state index is 10.1. The second-order valence-corrected chi connectivity index (χ2v) is 6.61. The molecule has 3 aromatic carbocycles. The molecule has 3 rings (SSSR count). The van der Waals surface area contributed by atoms with Gasteiger partial charge in [-0.15, -0.1) is 0 Å². The number of para-hydroxylation sites is 1. The zero-order chi connectivity index (χ0) is 20.9. The van der Waals surface area contributed by atoms with Crippen LogP contribution in [0.1, 0.15) is 39.2 Å². The number of allylic oxidation sites excluding steroid dienone is 1. The van der Waals surface area contributed by atoms with Gasteiger partial charge in [0, 0.05) is 5.56 Å². The number of hydrogen-bond acceptors (Lipinski definition) is 3. The first-order valence-electron chi connectivity index (χ1n) is 10.2. The molecule has 0 bridgehead atoms. The third-order valence-electron chi connectivity index (χ3n) is 4.06. The van der Waals surface area contributed by atoms with E-state index in [1.807, 2.05) is 60.7 Å². The molecule has 0 fully saturated rings. The van der Waals surface area contributed by atoms with E-state index in [0.29, 0.717) is 5.69 Å². The fourth-order valence-corrected chi connectivity index (χ4v) is 2.70. The van der Waals surface area contributed by atoms with Crippen molar-refractivity contribution in [2.24, 2.45) is 0 Å². The lowest BCUT2D eigenvalue weighted by Gasteiger charge is -2.13. The van der Waals surface area contributed by atoms with Crippen molar-refractivity contribution in [2.45, 2.75) is 33.6 Å². The molecule has 0 spiro atoms. The molecule has 0 heterocycles. The molecule has 0 radical (unpaired) electrons. The van der Waals surface area contributed by atoms with Gasteiger partial charge in [0.2, 0.25) is 0 Å². The van der Waals surface area contributed by atoms with E-state index in [0.717, 1.165) is 23.3 Å². The number of benzene rings is 3. The van der Waals surface area contributed by atoms with Gasteiger partial charge >= 0.3 is 0 Å². The maximum atomic E-state index is 10.1. The summed E-state index contributed by atoms with van der Waals surface area (Å²) >= 11 is 0. The minimum absolute atomic E-state index is 0.214. The summed E-state index contributed by atoms with van der Waals surface area (Å²) in [5.41, 5.74) is 3.95. The van der Waals surface area contributed by atoms with Gasteiger partial charge in [0.1, 0.15) is 11.5 Å². The molecular formula is C26H31NO2. The van der Waals surface area contributed by atoms with E-state index < -0.39 is 0 Å². The van der Waals surface area contributed by atoms with Gasteiger partial charge in [0.25, 0.3) is 0 Å². The molecule has 2 N–H and O–H groups in total. The molecule has 3 aromatic rings. The van der Waals surface area contributed by atoms with Crippen LogP contribution in [0.5, 0.6) is 11.5 Å². The summed E-state index contributed by atoms with van der Waals surface area (Å²) in [5.74, 6) is 0.990. The van der Waals surface area contributed by atoms with Crippen LogP contribution in [0.4, 0.5) is 5.69 Å². The molecule has 0 aliphatic carbocycles. The molecule has 0 aromatic heterocycles. The normalized spacial score (nSPS) is 10.3. The highest BCUT2D eigenvalue weighted by molar-refractivity contribution is 5.72. The van der Waals surface area contributed by atoms with Crippen molar-refractivity contribution in [3.05, 3.63) is 84.4 Å². The van der Waals surface area contributed by atoms with Crippen molar-refractivity contribution in [1.82, 2.24) is 0 Å². The summed E-state index contributed by atoms with van der Waals surface area (Å²) in [6.45, 7) is 6.60. The van der Waals surface area contributed by atoms with E-state index in [1.54, 1.807) is 6.07 Å². The number of ether oxygens (including phenoxy) is 1. The van der Waals surface area contributed by atoms with Crippen molar-refractivity contribution in [3.8, 4) is 22.6 Å². The molecule has 0 unspecified atom stereocenters. The van der Waals surface area contributed by atoms with E-state index in [9.17, 15) is 5.11 Å². The summed E-state index contributed by atoms with van der Waals surface area (Å²) in [7, 11) is 0. The highest BCUT2D eigenvalue weighted by Crippen LogP contribution is 2.28. The van der Waals surface area contributed by atoms with E-state index >= 15 is 0 Å². The van der Waals surface area contributed by atoms with Crippen molar-refractivity contribution < 1.29 is 9.84 Å². The van der Waals surface area contributed by atoms with Crippen LogP contribution in [0.3, 0.4) is 0 Å². The Morgan fingerprint density at radius 2 is 1.48 bits per heavy atom. The Morgan fingerprint density at radius 1 is 0.828 bits per heavy atom. The standard InChI is InChI=1S/C23H23NO2.C3H8/c1-2-3-8-20-11-7-12-22(25)23(20)24-17-26-21-15-13-19(14-16-21)18-9-5-4-6-10-18;1-3-2/h3-16,24-25H,2,17H2,1H3;3H2,1-2H3/b8-3-;. The van der Waals surface area contributed by atoms with Crippen LogP contribution < -0.4 is 10.1 Å². The van der Waals surface area contributed by atoms with Crippen LogP contribution in [0.25, 0.3) is 17.2 Å². The lowest BCUT2D eigenvalue weighted by atomic mass is 10.1. The molecule has 29 heavy (non-hydrogen) atoms. The van der Waals surface area contributed by atoms with E-state index in [1.165, 1.54) is 12.0 Å². The largest absolute Gasteiger partial charge is 0.506 e. The predicted molar refractivity (Wildman–Crippen MR) is 124 cm³/mol. The van der Waals surface area contributed by atoms with Crippen LogP contribution in [-0.2, 0) is 0 Å². The fourth-order valence-electron chi connectivity index (χ4n) is 2.70. The second-order valence-electron chi connectivity index (χ2n) is 6.61. The highest BCUT2D eigenvalue weighted by atomic mass is 16.5. The molecule has 0 saturated carbocycles. The van der Waals surface area contributed by atoms with E-state index in [-0.39, 0.29) is 12.5 Å². The van der Waals surface area contributed by atoms with Crippen molar-refractivity contribution >= 4 is 11.8 Å². The summed E-state index contributed by atoms with van der Waals surface area (Å²) < 4.78 is 5.77. The van der Waals surface area contributed by atoms with Gasteiger partial charge in [-0.3, -0.25) is 0 Å². The lowest BCUT2D eigenvalue weighted by Crippen LogP contribution is -2.09. The zero-order valence-electron chi connectivity index (χ0n) is 17.6. The summed E-state index contributed by atoms with van der Waals surface area (Å²) in [6, 6.07) is 23.7. The molecule has 152 valence electrons. The Balaban J connectivity index is 0.000000941. The number of rotatable bonds is 7. The number of nitrogens with one attached hydrogen (secondary N) is 1. The SMILES string of the molecule is CC/C=C\c1cccc(O)c1NCOc1ccc(-c2ccccc2)cc1.CCC. The number of aromatic hydroxyl groups is 1. The Bertz CT molecular complexity index is 871. The number of phenols is 1. The summed E-state index contributed by atoms with van der Waals surface area (Å²) in [6.07, 6.45) is 6.25. The van der Waals surface area contributed by atoms with Gasteiger partial charge in [-0.25, -0.2) is 0 Å². The first-order chi connectivity index (χ1) is 14.2. The highest BCUT2D eigenvalue weighted by Gasteiger charge is 2.05. The molecule has 3 nitrogen and oxygen atoms in total. The van der Waals surface area contributed by atoms with Crippen LogP contribution in [0.15, 0.2) is 78.9 Å². The Hall–Kier alpha value is -3.20. The van der Waals surface area contributed by atoms with Gasteiger partial charge in [-0.05, 0) is 35.7 Å². The predicted octanol–water partition coefficient (Wildman–Crippen LogP) is 7.35. The molecule has 0 aliphatic rings. The lowest BCUT2D eigenvalue weighted by molar-refractivity contribution is 0.345. The summed E-state index contributed by atoms with van der Waals surface area (Å²) in [4.78, 5) is 0. The summed E-state index contributed by atoms with van der Waals surface area (Å²) in [5, 5.41) is 13.3. The van der Waals surface area contributed by atoms with Crippen LogP contribution in [0, 0.1) is 0 Å². The maximum Gasteiger partial charge on any atom is 0.159 e. The second kappa shape index (κ2) is 12.3. The molecule has 0 saturated heterocycles. The molecule has 0 atom stereocenters. The minimum atomic E-state index is 0.214.